The van der Waals surface area contributed by atoms with E-state index in [0.717, 1.165) is 16.7 Å². The van der Waals surface area contributed by atoms with Crippen LogP contribution in [-0.4, -0.2) is 15.7 Å². The van der Waals surface area contributed by atoms with Crippen molar-refractivity contribution in [2.24, 2.45) is 0 Å². The summed E-state index contributed by atoms with van der Waals surface area (Å²) < 4.78 is 42.9. The Kier molecular flexibility index (Phi) is 5.96. The van der Waals surface area contributed by atoms with Crippen LogP contribution in [0.2, 0.25) is 0 Å². The lowest BCUT2D eigenvalue weighted by Crippen LogP contribution is -2.24. The number of ether oxygens (including phenoxy) is 1. The van der Waals surface area contributed by atoms with E-state index in [4.69, 9.17) is 0 Å². The van der Waals surface area contributed by atoms with E-state index in [1.807, 2.05) is 43.3 Å². The Bertz CT molecular complexity index is 1270. The first-order chi connectivity index (χ1) is 15.3. The monoisotopic (exact) mass is 439 g/mol. The second-order valence-electron chi connectivity index (χ2n) is 7.36. The number of hydrogen-bond donors (Lipinski definition) is 1. The van der Waals surface area contributed by atoms with Gasteiger partial charge in [0.25, 0.3) is 5.56 Å². The maximum atomic E-state index is 12.5. The van der Waals surface area contributed by atoms with Crippen molar-refractivity contribution < 1.29 is 17.9 Å². The summed E-state index contributed by atoms with van der Waals surface area (Å²) in [6.45, 7) is 2.19. The third-order valence-corrected chi connectivity index (χ3v) is 4.93. The number of benzene rings is 2. The average molecular weight is 439 g/mol. The number of alkyl halides is 3. The topological polar surface area (TPSA) is 55.6 Å². The van der Waals surface area contributed by atoms with Gasteiger partial charge in [-0.05, 0) is 41.8 Å². The maximum Gasteiger partial charge on any atom is 0.573 e. The zero-order valence-electron chi connectivity index (χ0n) is 17.1. The molecule has 5 nitrogen and oxygen atoms in total. The fourth-order valence-corrected chi connectivity index (χ4v) is 3.49. The Labute approximate surface area is 182 Å². The fraction of sp³-hybridized carbons (Fsp3) is 0.167. The van der Waals surface area contributed by atoms with Crippen LogP contribution in [0.1, 0.15) is 28.4 Å². The Balaban J connectivity index is 1.60. The van der Waals surface area contributed by atoms with Crippen LogP contribution in [0.15, 0.2) is 83.8 Å². The summed E-state index contributed by atoms with van der Waals surface area (Å²) in [5, 5.41) is 3.37. The third-order valence-electron chi connectivity index (χ3n) is 4.93. The van der Waals surface area contributed by atoms with Gasteiger partial charge in [-0.3, -0.25) is 9.20 Å². The molecule has 164 valence electrons. The van der Waals surface area contributed by atoms with E-state index < -0.39 is 6.36 Å². The van der Waals surface area contributed by atoms with Crippen LogP contribution in [-0.2, 0) is 6.54 Å². The van der Waals surface area contributed by atoms with Crippen molar-refractivity contribution in [3.63, 3.8) is 0 Å². The summed E-state index contributed by atoms with van der Waals surface area (Å²) in [5.74, 6) is -0.285. The molecule has 0 saturated carbocycles. The van der Waals surface area contributed by atoms with Crippen molar-refractivity contribution in [1.82, 2.24) is 14.7 Å². The van der Waals surface area contributed by atoms with Crippen LogP contribution in [0.5, 0.6) is 5.75 Å². The molecule has 1 unspecified atom stereocenters. The van der Waals surface area contributed by atoms with Gasteiger partial charge in [-0.25, -0.2) is 4.98 Å². The van der Waals surface area contributed by atoms with Gasteiger partial charge in [-0.2, -0.15) is 0 Å². The van der Waals surface area contributed by atoms with Gasteiger partial charge in [-0.1, -0.05) is 48.5 Å². The van der Waals surface area contributed by atoms with Crippen molar-refractivity contribution in [3.05, 3.63) is 112 Å². The molecule has 0 bridgehead atoms. The highest BCUT2D eigenvalue weighted by Gasteiger charge is 2.31. The van der Waals surface area contributed by atoms with Crippen LogP contribution in [0.25, 0.3) is 5.65 Å². The van der Waals surface area contributed by atoms with Gasteiger partial charge >= 0.3 is 6.36 Å². The molecule has 1 atom stereocenters. The molecule has 4 rings (SSSR count). The van der Waals surface area contributed by atoms with E-state index in [-0.39, 0.29) is 17.4 Å². The summed E-state index contributed by atoms with van der Waals surface area (Å²) >= 11 is 0. The molecule has 1 N–H and O–H groups in total. The zero-order chi connectivity index (χ0) is 22.7. The van der Waals surface area contributed by atoms with Crippen LogP contribution in [0, 0.1) is 6.92 Å². The van der Waals surface area contributed by atoms with Crippen molar-refractivity contribution in [1.29, 1.82) is 0 Å². The summed E-state index contributed by atoms with van der Waals surface area (Å²) in [7, 11) is 0. The SMILES string of the molecule is Cc1ccc2nc(CNC(c3ccccc3)c3ccc(OC(F)(F)F)cc3)cc(=O)n2c1. The first kappa shape index (κ1) is 21.6. The molecular weight excluding hydrogens is 419 g/mol. The lowest BCUT2D eigenvalue weighted by Gasteiger charge is -2.20. The molecular formula is C24H20F3N3O2. The first-order valence-electron chi connectivity index (χ1n) is 9.91. The van der Waals surface area contributed by atoms with E-state index in [1.165, 1.54) is 22.6 Å². The molecule has 0 aliphatic carbocycles. The molecule has 2 aromatic heterocycles. The van der Waals surface area contributed by atoms with Crippen molar-refractivity contribution >= 4 is 5.65 Å². The number of hydrogen-bond acceptors (Lipinski definition) is 4. The molecule has 0 fully saturated rings. The maximum absolute atomic E-state index is 12.5. The molecule has 0 saturated heterocycles. The highest BCUT2D eigenvalue weighted by molar-refractivity contribution is 5.40. The summed E-state index contributed by atoms with van der Waals surface area (Å²) in [4.78, 5) is 17.0. The van der Waals surface area contributed by atoms with Gasteiger partial charge in [0.1, 0.15) is 11.4 Å². The number of rotatable bonds is 6. The minimum atomic E-state index is -4.74. The average Bonchev–Trinajstić information content (AvgIpc) is 2.75. The molecule has 2 heterocycles. The van der Waals surface area contributed by atoms with Gasteiger partial charge in [-0.15, -0.1) is 13.2 Å². The van der Waals surface area contributed by atoms with E-state index in [2.05, 4.69) is 15.0 Å². The molecule has 0 spiro atoms. The molecule has 0 aliphatic rings. The highest BCUT2D eigenvalue weighted by atomic mass is 19.4. The normalized spacial score (nSPS) is 12.6. The van der Waals surface area contributed by atoms with E-state index in [0.29, 0.717) is 17.9 Å². The molecule has 8 heteroatoms. The Hall–Kier alpha value is -3.65. The Morgan fingerprint density at radius 3 is 2.38 bits per heavy atom. The van der Waals surface area contributed by atoms with Crippen LogP contribution < -0.4 is 15.6 Å². The van der Waals surface area contributed by atoms with Crippen LogP contribution in [0.3, 0.4) is 0 Å². The number of aromatic nitrogens is 2. The Morgan fingerprint density at radius 1 is 1.00 bits per heavy atom. The van der Waals surface area contributed by atoms with Gasteiger partial charge in [0.15, 0.2) is 0 Å². The number of aryl methyl sites for hydroxylation is 1. The summed E-state index contributed by atoms with van der Waals surface area (Å²) in [6, 6.07) is 20.0. The van der Waals surface area contributed by atoms with E-state index in [9.17, 15) is 18.0 Å². The van der Waals surface area contributed by atoms with Gasteiger partial charge < -0.3 is 10.1 Å². The lowest BCUT2D eigenvalue weighted by molar-refractivity contribution is -0.274. The van der Waals surface area contributed by atoms with Crippen molar-refractivity contribution in [3.8, 4) is 5.75 Å². The molecule has 0 aliphatic heterocycles. The number of pyridine rings is 1. The quantitative estimate of drug-likeness (QED) is 0.470. The van der Waals surface area contributed by atoms with E-state index in [1.54, 1.807) is 24.4 Å². The minimum Gasteiger partial charge on any atom is -0.406 e. The third kappa shape index (κ3) is 5.15. The number of nitrogens with one attached hydrogen (secondary N) is 1. The largest absolute Gasteiger partial charge is 0.573 e. The van der Waals surface area contributed by atoms with Crippen molar-refractivity contribution in [2.75, 3.05) is 0 Å². The predicted octanol–water partition coefficient (Wildman–Crippen LogP) is 4.78. The van der Waals surface area contributed by atoms with Gasteiger partial charge in [0.2, 0.25) is 0 Å². The minimum absolute atomic E-state index is 0.180. The lowest BCUT2D eigenvalue weighted by atomic mass is 9.98. The number of nitrogens with zero attached hydrogens (tertiary/aromatic N) is 2. The second-order valence-corrected chi connectivity index (χ2v) is 7.36. The molecule has 0 radical (unpaired) electrons. The first-order valence-corrected chi connectivity index (χ1v) is 9.91. The number of fused-ring (bicyclic) bond motifs is 1. The fourth-order valence-electron chi connectivity index (χ4n) is 3.49. The summed E-state index contributed by atoms with van der Waals surface area (Å²) in [6.07, 6.45) is -3.01. The Morgan fingerprint density at radius 2 is 1.69 bits per heavy atom. The number of halogens is 3. The van der Waals surface area contributed by atoms with Crippen LogP contribution in [0.4, 0.5) is 13.2 Å². The zero-order valence-corrected chi connectivity index (χ0v) is 17.1. The van der Waals surface area contributed by atoms with Gasteiger partial charge in [0, 0.05) is 18.8 Å². The van der Waals surface area contributed by atoms with Crippen molar-refractivity contribution in [2.45, 2.75) is 25.9 Å². The van der Waals surface area contributed by atoms with E-state index >= 15 is 0 Å². The van der Waals surface area contributed by atoms with Crippen LogP contribution >= 0.6 is 0 Å². The van der Waals surface area contributed by atoms with Gasteiger partial charge in [0.05, 0.1) is 11.7 Å². The second kappa shape index (κ2) is 8.84. The summed E-state index contributed by atoms with van der Waals surface area (Å²) in [5.41, 5.74) is 3.56. The standard InChI is InChI=1S/C24H20F3N3O2/c1-16-7-12-21-29-19(13-22(31)30(21)15-16)14-28-23(17-5-3-2-4-6-17)18-8-10-20(11-9-18)32-24(25,26)27/h2-13,15,23,28H,14H2,1H3. The molecule has 0 amide bonds. The molecule has 4 aromatic rings. The predicted molar refractivity (Wildman–Crippen MR) is 114 cm³/mol. The molecule has 32 heavy (non-hydrogen) atoms. The molecule has 2 aromatic carbocycles. The highest BCUT2D eigenvalue weighted by Crippen LogP contribution is 2.27. The smallest absolute Gasteiger partial charge is 0.406 e.